The first-order valence-corrected chi connectivity index (χ1v) is 11.0. The Labute approximate surface area is 169 Å². The lowest BCUT2D eigenvalue weighted by Gasteiger charge is -2.24. The third-order valence-electron chi connectivity index (χ3n) is 4.53. The number of carbonyl (C=O) groups excluding carboxylic acids is 1. The molecule has 1 aliphatic heterocycles. The zero-order valence-electron chi connectivity index (χ0n) is 14.8. The molecule has 1 atom stereocenters. The van der Waals surface area contributed by atoms with Gasteiger partial charge < -0.3 is 10.2 Å². The molecule has 1 unspecified atom stereocenters. The van der Waals surface area contributed by atoms with Gasteiger partial charge in [-0.2, -0.15) is 0 Å². The average molecular weight is 427 g/mol. The van der Waals surface area contributed by atoms with Crippen molar-refractivity contribution in [3.8, 4) is 0 Å². The Morgan fingerprint density at radius 2 is 1.81 bits per heavy atom. The van der Waals surface area contributed by atoms with E-state index in [1.165, 1.54) is 4.90 Å². The first-order chi connectivity index (χ1) is 12.8. The van der Waals surface area contributed by atoms with Gasteiger partial charge in [-0.25, -0.2) is 13.2 Å². The normalized spacial score (nSPS) is 16.9. The molecule has 0 saturated carbocycles. The standard InChI is InChI=1S/C19H20Cl2N2O3S/c1-13(11-15-16(20)6-4-7-17(15)21)22-19(24)23-9-10-27(25,26)18-8-3-2-5-14(18)12-23/h2-8,13H,9-12H2,1H3,(H,22,24). The molecular formula is C19H20Cl2N2O3S. The Bertz CT molecular complexity index is 943. The summed E-state index contributed by atoms with van der Waals surface area (Å²) in [6.07, 6.45) is 0.479. The van der Waals surface area contributed by atoms with Crippen molar-refractivity contribution in [2.45, 2.75) is 30.8 Å². The van der Waals surface area contributed by atoms with E-state index in [1.54, 1.807) is 42.5 Å². The van der Waals surface area contributed by atoms with Crippen molar-refractivity contribution in [3.05, 3.63) is 63.6 Å². The number of hydrogen-bond donors (Lipinski definition) is 1. The lowest BCUT2D eigenvalue weighted by Crippen LogP contribution is -2.45. The third-order valence-corrected chi connectivity index (χ3v) is 7.02. The van der Waals surface area contributed by atoms with E-state index in [4.69, 9.17) is 23.2 Å². The number of sulfone groups is 1. The van der Waals surface area contributed by atoms with Gasteiger partial charge in [-0.05, 0) is 42.7 Å². The van der Waals surface area contributed by atoms with E-state index in [0.717, 1.165) is 5.56 Å². The minimum atomic E-state index is -3.39. The highest BCUT2D eigenvalue weighted by Crippen LogP contribution is 2.26. The number of rotatable bonds is 3. The molecule has 27 heavy (non-hydrogen) atoms. The lowest BCUT2D eigenvalue weighted by atomic mass is 10.1. The summed E-state index contributed by atoms with van der Waals surface area (Å²) in [7, 11) is -3.39. The smallest absolute Gasteiger partial charge is 0.317 e. The highest BCUT2D eigenvalue weighted by Gasteiger charge is 2.28. The third kappa shape index (κ3) is 4.57. The highest BCUT2D eigenvalue weighted by molar-refractivity contribution is 7.91. The number of fused-ring (bicyclic) bond motifs is 1. The molecule has 1 aliphatic rings. The minimum absolute atomic E-state index is 0.0951. The first kappa shape index (κ1) is 20.0. The largest absolute Gasteiger partial charge is 0.335 e. The van der Waals surface area contributed by atoms with Crippen LogP contribution in [-0.4, -0.2) is 37.7 Å². The summed E-state index contributed by atoms with van der Waals surface area (Å²) in [6, 6.07) is 11.6. The molecular weight excluding hydrogens is 407 g/mol. The Morgan fingerprint density at radius 3 is 2.52 bits per heavy atom. The number of nitrogens with one attached hydrogen (secondary N) is 1. The maximum atomic E-state index is 12.7. The maximum absolute atomic E-state index is 12.7. The number of urea groups is 1. The number of nitrogens with zero attached hydrogens (tertiary/aromatic N) is 1. The van der Waals surface area contributed by atoms with Gasteiger partial charge in [0.05, 0.1) is 10.6 Å². The Balaban J connectivity index is 1.71. The monoisotopic (exact) mass is 426 g/mol. The summed E-state index contributed by atoms with van der Waals surface area (Å²) in [5, 5.41) is 4.02. The van der Waals surface area contributed by atoms with Gasteiger partial charge in [-0.3, -0.25) is 0 Å². The molecule has 0 saturated heterocycles. The quantitative estimate of drug-likeness (QED) is 0.808. The summed E-state index contributed by atoms with van der Waals surface area (Å²) in [6.45, 7) is 2.25. The average Bonchev–Trinajstić information content (AvgIpc) is 2.75. The minimum Gasteiger partial charge on any atom is -0.335 e. The van der Waals surface area contributed by atoms with Gasteiger partial charge in [0.1, 0.15) is 0 Å². The molecule has 8 heteroatoms. The molecule has 3 rings (SSSR count). The van der Waals surface area contributed by atoms with E-state index in [2.05, 4.69) is 5.32 Å². The van der Waals surface area contributed by atoms with Gasteiger partial charge in [0.2, 0.25) is 0 Å². The molecule has 0 spiro atoms. The molecule has 0 aromatic heterocycles. The Kier molecular flexibility index (Phi) is 5.99. The zero-order valence-corrected chi connectivity index (χ0v) is 17.1. The van der Waals surface area contributed by atoms with Crippen molar-refractivity contribution in [1.29, 1.82) is 0 Å². The van der Waals surface area contributed by atoms with Crippen LogP contribution < -0.4 is 5.32 Å². The summed E-state index contributed by atoms with van der Waals surface area (Å²) in [5.74, 6) is -0.0951. The molecule has 0 radical (unpaired) electrons. The van der Waals surface area contributed by atoms with Crippen molar-refractivity contribution in [2.75, 3.05) is 12.3 Å². The predicted molar refractivity (Wildman–Crippen MR) is 107 cm³/mol. The number of carbonyl (C=O) groups is 1. The summed E-state index contributed by atoms with van der Waals surface area (Å²) in [4.78, 5) is 14.5. The lowest BCUT2D eigenvalue weighted by molar-refractivity contribution is 0.195. The van der Waals surface area contributed by atoms with E-state index in [-0.39, 0.29) is 30.9 Å². The van der Waals surface area contributed by atoms with E-state index < -0.39 is 9.84 Å². The SMILES string of the molecule is CC(Cc1c(Cl)cccc1Cl)NC(=O)N1CCS(=O)(=O)c2ccccc2C1. The molecule has 5 nitrogen and oxygen atoms in total. The second-order valence-electron chi connectivity index (χ2n) is 6.60. The van der Waals surface area contributed by atoms with Crippen LogP contribution >= 0.6 is 23.2 Å². The summed E-state index contributed by atoms with van der Waals surface area (Å²) >= 11 is 12.4. The van der Waals surface area contributed by atoms with Gasteiger partial charge >= 0.3 is 6.03 Å². The van der Waals surface area contributed by atoms with Crippen LogP contribution in [0.1, 0.15) is 18.1 Å². The van der Waals surface area contributed by atoms with Crippen LogP contribution in [0.5, 0.6) is 0 Å². The van der Waals surface area contributed by atoms with Gasteiger partial charge in [0, 0.05) is 29.2 Å². The van der Waals surface area contributed by atoms with Crippen LogP contribution in [0.15, 0.2) is 47.4 Å². The second kappa shape index (κ2) is 8.09. The summed E-state index contributed by atoms with van der Waals surface area (Å²) < 4.78 is 24.8. The molecule has 0 aliphatic carbocycles. The number of hydrogen-bond acceptors (Lipinski definition) is 3. The number of halogens is 2. The molecule has 2 aromatic rings. The van der Waals surface area contributed by atoms with Gasteiger partial charge in [0.25, 0.3) is 0 Å². The van der Waals surface area contributed by atoms with Crippen molar-refractivity contribution in [2.24, 2.45) is 0 Å². The van der Waals surface area contributed by atoms with Crippen molar-refractivity contribution < 1.29 is 13.2 Å². The van der Waals surface area contributed by atoms with Crippen LogP contribution in [0.3, 0.4) is 0 Å². The fraction of sp³-hybridized carbons (Fsp3) is 0.316. The maximum Gasteiger partial charge on any atom is 0.317 e. The topological polar surface area (TPSA) is 66.5 Å². The van der Waals surface area contributed by atoms with E-state index in [0.29, 0.717) is 26.9 Å². The van der Waals surface area contributed by atoms with Crippen LogP contribution in [0.25, 0.3) is 0 Å². The van der Waals surface area contributed by atoms with Gasteiger partial charge in [-0.1, -0.05) is 47.5 Å². The van der Waals surface area contributed by atoms with Crippen LogP contribution in [0.2, 0.25) is 10.0 Å². The highest BCUT2D eigenvalue weighted by atomic mass is 35.5. The van der Waals surface area contributed by atoms with Crippen LogP contribution in [-0.2, 0) is 22.8 Å². The van der Waals surface area contributed by atoms with E-state index in [1.807, 2.05) is 6.92 Å². The van der Waals surface area contributed by atoms with Crippen molar-refractivity contribution in [1.82, 2.24) is 10.2 Å². The molecule has 0 bridgehead atoms. The van der Waals surface area contributed by atoms with Gasteiger partial charge in [-0.15, -0.1) is 0 Å². The molecule has 1 heterocycles. The molecule has 1 N–H and O–H groups in total. The van der Waals surface area contributed by atoms with Crippen molar-refractivity contribution >= 4 is 39.1 Å². The molecule has 2 aromatic carbocycles. The zero-order chi connectivity index (χ0) is 19.6. The first-order valence-electron chi connectivity index (χ1n) is 8.57. The van der Waals surface area contributed by atoms with Crippen LogP contribution in [0, 0.1) is 0 Å². The van der Waals surface area contributed by atoms with Crippen molar-refractivity contribution in [3.63, 3.8) is 0 Å². The summed E-state index contributed by atoms with van der Waals surface area (Å²) in [5.41, 5.74) is 1.41. The Hall–Kier alpha value is -1.76. The van der Waals surface area contributed by atoms with Gasteiger partial charge in [0.15, 0.2) is 9.84 Å². The Morgan fingerprint density at radius 1 is 1.15 bits per heavy atom. The second-order valence-corrected chi connectivity index (χ2v) is 9.49. The number of benzene rings is 2. The van der Waals surface area contributed by atoms with E-state index >= 15 is 0 Å². The van der Waals surface area contributed by atoms with Crippen LogP contribution in [0.4, 0.5) is 4.79 Å². The molecule has 144 valence electrons. The number of amides is 2. The fourth-order valence-corrected chi connectivity index (χ4v) is 5.17. The van der Waals surface area contributed by atoms with E-state index in [9.17, 15) is 13.2 Å². The molecule has 0 fully saturated rings. The predicted octanol–water partition coefficient (Wildman–Crippen LogP) is 3.92. The fourth-order valence-electron chi connectivity index (χ4n) is 3.12. The molecule has 2 amide bonds.